The Morgan fingerprint density at radius 2 is 1.71 bits per heavy atom. The van der Waals surface area contributed by atoms with Crippen LogP contribution in [0.2, 0.25) is 0 Å². The van der Waals surface area contributed by atoms with Crippen molar-refractivity contribution in [1.82, 2.24) is 0 Å². The minimum atomic E-state index is -0.843. The van der Waals surface area contributed by atoms with Crippen LogP contribution in [-0.4, -0.2) is 6.61 Å². The van der Waals surface area contributed by atoms with Crippen molar-refractivity contribution in [3.05, 3.63) is 35.8 Å². The van der Waals surface area contributed by atoms with Gasteiger partial charge in [0.1, 0.15) is 0 Å². The fourth-order valence-electron chi connectivity index (χ4n) is 2.83. The van der Waals surface area contributed by atoms with Crippen molar-refractivity contribution >= 4 is 0 Å². The molecule has 137 valence electrons. The molecule has 0 spiro atoms. The van der Waals surface area contributed by atoms with Gasteiger partial charge in [-0.25, -0.2) is 4.39 Å². The van der Waals surface area contributed by atoms with E-state index in [4.69, 9.17) is 4.74 Å². The zero-order valence-electron chi connectivity index (χ0n) is 15.5. The summed E-state index contributed by atoms with van der Waals surface area (Å²) >= 11 is 0. The molecule has 1 unspecified atom stereocenters. The number of hydrogen-bond acceptors (Lipinski definition) is 1. The molecule has 0 aliphatic rings. The van der Waals surface area contributed by atoms with Crippen LogP contribution in [0.15, 0.2) is 12.1 Å². The minimum Gasteiger partial charge on any atom is -0.490 e. The van der Waals surface area contributed by atoms with Crippen molar-refractivity contribution in [2.24, 2.45) is 0 Å². The second-order valence-corrected chi connectivity index (χ2v) is 6.57. The van der Waals surface area contributed by atoms with E-state index in [1.54, 1.807) is 12.1 Å². The van der Waals surface area contributed by atoms with E-state index in [-0.39, 0.29) is 11.7 Å². The predicted octanol–water partition coefficient (Wildman–Crippen LogP) is 7.20. The zero-order chi connectivity index (χ0) is 17.8. The average Bonchev–Trinajstić information content (AvgIpc) is 2.58. The highest BCUT2D eigenvalue weighted by Crippen LogP contribution is 2.30. The van der Waals surface area contributed by atoms with Crippen molar-refractivity contribution in [3.8, 4) is 5.75 Å². The Balaban J connectivity index is 2.46. The van der Waals surface area contributed by atoms with E-state index in [1.807, 2.05) is 6.92 Å². The first-order chi connectivity index (χ1) is 11.6. The maximum absolute atomic E-state index is 14.3. The highest BCUT2D eigenvalue weighted by atomic mass is 19.2. The molecule has 0 aliphatic heterocycles. The molecule has 0 aromatic heterocycles. The van der Waals surface area contributed by atoms with E-state index >= 15 is 0 Å². The molecule has 1 aromatic rings. The molecule has 24 heavy (non-hydrogen) atoms. The number of unbranched alkanes of at least 4 members (excludes halogenated alkanes) is 7. The predicted molar refractivity (Wildman–Crippen MR) is 97.5 cm³/mol. The quantitative estimate of drug-likeness (QED) is 0.345. The van der Waals surface area contributed by atoms with Crippen molar-refractivity contribution in [1.29, 1.82) is 0 Å². The fraction of sp³-hybridized carbons (Fsp3) is 0.667. The molecule has 3 heteroatoms. The van der Waals surface area contributed by atoms with Gasteiger partial charge < -0.3 is 4.74 Å². The van der Waals surface area contributed by atoms with E-state index < -0.39 is 11.6 Å². The molecule has 0 heterocycles. The van der Waals surface area contributed by atoms with E-state index in [0.29, 0.717) is 12.2 Å². The molecule has 0 saturated carbocycles. The van der Waals surface area contributed by atoms with Crippen LogP contribution >= 0.6 is 0 Å². The summed E-state index contributed by atoms with van der Waals surface area (Å²) < 4.78 is 33.9. The smallest absolute Gasteiger partial charge is 0.200 e. The molecular weight excluding hydrogens is 306 g/mol. The highest BCUT2D eigenvalue weighted by Gasteiger charge is 2.18. The molecule has 0 bridgehead atoms. The van der Waals surface area contributed by atoms with E-state index in [0.717, 1.165) is 32.1 Å². The summed E-state index contributed by atoms with van der Waals surface area (Å²) in [5, 5.41) is 0. The minimum absolute atomic E-state index is 0.00918. The number of hydrogen-bond donors (Lipinski definition) is 0. The summed E-state index contributed by atoms with van der Waals surface area (Å²) in [4.78, 5) is 0. The molecule has 0 saturated heterocycles. The third-order valence-electron chi connectivity index (χ3n) is 4.46. The molecule has 0 fully saturated rings. The molecule has 1 nitrogen and oxygen atoms in total. The van der Waals surface area contributed by atoms with Gasteiger partial charge >= 0.3 is 0 Å². The summed E-state index contributed by atoms with van der Waals surface area (Å²) in [6.45, 7) is 6.66. The largest absolute Gasteiger partial charge is 0.490 e. The summed E-state index contributed by atoms with van der Waals surface area (Å²) in [5.41, 5.74) is 0.448. The Kier molecular flexibility index (Phi) is 10.7. The Hall–Kier alpha value is -1.12. The number of rotatable bonds is 13. The highest BCUT2D eigenvalue weighted by molar-refractivity contribution is 5.32. The SMILES string of the molecule is CC[CH]CCC(C)c1ccc(OCCCCCCCC)c(F)c1F. The summed E-state index contributed by atoms with van der Waals surface area (Å²) in [7, 11) is 0. The van der Waals surface area contributed by atoms with Gasteiger partial charge in [-0.15, -0.1) is 0 Å². The first-order valence-electron chi connectivity index (χ1n) is 9.54. The van der Waals surface area contributed by atoms with Gasteiger partial charge in [-0.2, -0.15) is 4.39 Å². The van der Waals surface area contributed by atoms with Gasteiger partial charge in [-0.1, -0.05) is 65.4 Å². The van der Waals surface area contributed by atoms with Gasteiger partial charge in [0, 0.05) is 0 Å². The Morgan fingerprint density at radius 3 is 2.42 bits per heavy atom. The van der Waals surface area contributed by atoms with Crippen LogP contribution < -0.4 is 4.74 Å². The molecule has 0 aliphatic carbocycles. The van der Waals surface area contributed by atoms with Gasteiger partial charge in [-0.3, -0.25) is 0 Å². The lowest BCUT2D eigenvalue weighted by Gasteiger charge is -2.15. The standard InChI is InChI=1S/C21H33F2O/c1-4-6-8-9-10-12-16-24-19-15-14-18(20(22)21(19)23)17(3)13-11-7-5-2/h7,14-15,17H,4-6,8-13,16H2,1-3H3. The van der Waals surface area contributed by atoms with E-state index in [1.165, 1.54) is 25.7 Å². The van der Waals surface area contributed by atoms with Crippen LogP contribution in [0.5, 0.6) is 5.75 Å². The second-order valence-electron chi connectivity index (χ2n) is 6.57. The van der Waals surface area contributed by atoms with Crippen molar-refractivity contribution in [2.45, 2.75) is 84.5 Å². The molecule has 1 atom stereocenters. The molecule has 0 amide bonds. The van der Waals surface area contributed by atoms with E-state index in [2.05, 4.69) is 20.3 Å². The molecule has 1 radical (unpaired) electrons. The van der Waals surface area contributed by atoms with Crippen molar-refractivity contribution in [3.63, 3.8) is 0 Å². The third-order valence-corrected chi connectivity index (χ3v) is 4.46. The lowest BCUT2D eigenvalue weighted by atomic mass is 9.94. The van der Waals surface area contributed by atoms with Crippen LogP contribution in [0.1, 0.15) is 90.0 Å². The van der Waals surface area contributed by atoms with Crippen LogP contribution in [0.4, 0.5) is 8.78 Å². The number of benzene rings is 1. The number of halogens is 2. The van der Waals surface area contributed by atoms with Gasteiger partial charge in [0.05, 0.1) is 6.61 Å². The summed E-state index contributed by atoms with van der Waals surface area (Å²) in [5.74, 6) is -1.55. The normalized spacial score (nSPS) is 12.4. The topological polar surface area (TPSA) is 9.23 Å². The van der Waals surface area contributed by atoms with Gasteiger partial charge in [0.2, 0.25) is 5.82 Å². The Labute approximate surface area is 146 Å². The average molecular weight is 339 g/mol. The van der Waals surface area contributed by atoms with Gasteiger partial charge in [0.25, 0.3) is 0 Å². The van der Waals surface area contributed by atoms with Crippen LogP contribution in [0.3, 0.4) is 0 Å². The van der Waals surface area contributed by atoms with Crippen molar-refractivity contribution in [2.75, 3.05) is 6.61 Å². The molecule has 1 aromatic carbocycles. The third kappa shape index (κ3) is 7.19. The maximum Gasteiger partial charge on any atom is 0.200 e. The summed E-state index contributed by atoms with van der Waals surface area (Å²) in [6, 6.07) is 3.25. The first kappa shape index (κ1) is 20.9. The van der Waals surface area contributed by atoms with Crippen LogP contribution in [0, 0.1) is 18.1 Å². The monoisotopic (exact) mass is 339 g/mol. The Bertz CT molecular complexity index is 459. The first-order valence-corrected chi connectivity index (χ1v) is 9.54. The lowest BCUT2D eigenvalue weighted by molar-refractivity contribution is 0.284. The second kappa shape index (κ2) is 12.3. The molecule has 0 N–H and O–H groups in total. The summed E-state index contributed by atoms with van der Waals surface area (Å²) in [6.07, 6.45) is 11.8. The maximum atomic E-state index is 14.3. The van der Waals surface area contributed by atoms with Gasteiger partial charge in [0.15, 0.2) is 11.6 Å². The van der Waals surface area contributed by atoms with Gasteiger partial charge in [-0.05, 0) is 43.2 Å². The van der Waals surface area contributed by atoms with Crippen LogP contribution in [-0.2, 0) is 0 Å². The fourth-order valence-corrected chi connectivity index (χ4v) is 2.83. The van der Waals surface area contributed by atoms with Crippen LogP contribution in [0.25, 0.3) is 0 Å². The lowest BCUT2D eigenvalue weighted by Crippen LogP contribution is -2.05. The number of ether oxygens (including phenoxy) is 1. The zero-order valence-corrected chi connectivity index (χ0v) is 15.5. The molecule has 1 rings (SSSR count). The van der Waals surface area contributed by atoms with Crippen molar-refractivity contribution < 1.29 is 13.5 Å². The molecular formula is C21H33F2O. The Morgan fingerprint density at radius 1 is 1.00 bits per heavy atom. The van der Waals surface area contributed by atoms with E-state index in [9.17, 15) is 8.78 Å².